The summed E-state index contributed by atoms with van der Waals surface area (Å²) in [5.74, 6) is -0.308. The van der Waals surface area contributed by atoms with Crippen molar-refractivity contribution >= 4 is 17.5 Å². The minimum atomic E-state index is -0.867. The summed E-state index contributed by atoms with van der Waals surface area (Å²) in [5, 5.41) is 13.6. The molecule has 0 aliphatic carbocycles. The Bertz CT molecular complexity index is 438. The van der Waals surface area contributed by atoms with Crippen LogP contribution in [0.5, 0.6) is 0 Å². The molecule has 0 fully saturated rings. The molecule has 0 aromatic carbocycles. The fraction of sp³-hybridized carbons (Fsp3) is 0.667. The first kappa shape index (κ1) is 13.6. The molecule has 1 unspecified atom stereocenters. The third-order valence-corrected chi connectivity index (χ3v) is 2.58. The summed E-state index contributed by atoms with van der Waals surface area (Å²) in [5.41, 5.74) is 0.508. The van der Waals surface area contributed by atoms with Crippen molar-refractivity contribution in [3.63, 3.8) is 0 Å². The molecular formula is C9H13ClN4O3. The van der Waals surface area contributed by atoms with Crippen LogP contribution in [-0.2, 0) is 6.54 Å². The summed E-state index contributed by atoms with van der Waals surface area (Å²) >= 11 is 5.99. The van der Waals surface area contributed by atoms with Gasteiger partial charge in [0.1, 0.15) is 17.9 Å². The highest BCUT2D eigenvalue weighted by molar-refractivity contribution is 6.23. The average molecular weight is 261 g/mol. The fourth-order valence-corrected chi connectivity index (χ4v) is 1.49. The predicted molar refractivity (Wildman–Crippen MR) is 63.1 cm³/mol. The van der Waals surface area contributed by atoms with Crippen molar-refractivity contribution < 1.29 is 4.92 Å². The van der Waals surface area contributed by atoms with Gasteiger partial charge in [0.05, 0.1) is 11.4 Å². The molecule has 0 amide bonds. The van der Waals surface area contributed by atoms with E-state index in [4.69, 9.17) is 11.6 Å². The summed E-state index contributed by atoms with van der Waals surface area (Å²) in [4.78, 5) is 23.7. The van der Waals surface area contributed by atoms with E-state index >= 15 is 0 Å². The Morgan fingerprint density at radius 3 is 2.71 bits per heavy atom. The Morgan fingerprint density at radius 2 is 2.29 bits per heavy atom. The van der Waals surface area contributed by atoms with E-state index in [-0.39, 0.29) is 12.5 Å². The molecule has 8 heteroatoms. The van der Waals surface area contributed by atoms with E-state index in [1.54, 1.807) is 20.8 Å². The number of imidazole rings is 1. The maximum Gasteiger partial charge on any atom is 0.434 e. The topological polar surface area (TPSA) is 90.4 Å². The fourth-order valence-electron chi connectivity index (χ4n) is 1.38. The van der Waals surface area contributed by atoms with Crippen LogP contribution in [-0.4, -0.2) is 25.4 Å². The highest BCUT2D eigenvalue weighted by Gasteiger charge is 2.32. The van der Waals surface area contributed by atoms with Crippen LogP contribution in [0.4, 0.5) is 5.95 Å². The molecule has 7 nitrogen and oxygen atoms in total. The zero-order valence-electron chi connectivity index (χ0n) is 9.75. The first-order chi connectivity index (χ1) is 7.75. The molecule has 1 aromatic heterocycles. The van der Waals surface area contributed by atoms with Gasteiger partial charge in [0.15, 0.2) is 0 Å². The Balaban J connectivity index is 3.01. The second-order valence-corrected chi connectivity index (χ2v) is 5.25. The molecule has 0 spiro atoms. The number of alkyl halides is 1. The number of aromatic nitrogens is 2. The van der Waals surface area contributed by atoms with E-state index in [0.29, 0.717) is 5.69 Å². The summed E-state index contributed by atoms with van der Waals surface area (Å²) < 4.78 is 1.28. The van der Waals surface area contributed by atoms with E-state index < -0.39 is 15.8 Å². The van der Waals surface area contributed by atoms with Gasteiger partial charge in [0, 0.05) is 0 Å². The standard InChI is InChI=1S/C9H13ClN4O3/c1-6-4-13(8(11-6)14(16)17)5-7(12-15)9(2,3)10/h4,7H,5H2,1-3H3. The number of hydrogen-bond donors (Lipinski definition) is 0. The molecule has 0 radical (unpaired) electrons. The molecule has 0 bridgehead atoms. The molecule has 0 saturated heterocycles. The van der Waals surface area contributed by atoms with Gasteiger partial charge >= 0.3 is 5.95 Å². The Morgan fingerprint density at radius 1 is 1.71 bits per heavy atom. The van der Waals surface area contributed by atoms with Crippen molar-refractivity contribution in [3.8, 4) is 0 Å². The van der Waals surface area contributed by atoms with Gasteiger partial charge in [0.2, 0.25) is 0 Å². The predicted octanol–water partition coefficient (Wildman–Crippen LogP) is 2.25. The maximum atomic E-state index is 10.7. The SMILES string of the molecule is Cc1cn(CC(N=O)C(C)(C)Cl)c([N+](=O)[O-])n1. The van der Waals surface area contributed by atoms with Crippen LogP contribution in [0.1, 0.15) is 19.5 Å². The molecule has 1 atom stereocenters. The van der Waals surface area contributed by atoms with Crippen LogP contribution in [0.3, 0.4) is 0 Å². The van der Waals surface area contributed by atoms with Crippen molar-refractivity contribution in [2.45, 2.75) is 38.2 Å². The van der Waals surface area contributed by atoms with E-state index in [1.807, 2.05) is 0 Å². The van der Waals surface area contributed by atoms with Crippen molar-refractivity contribution in [2.24, 2.45) is 5.18 Å². The third-order valence-electron chi connectivity index (χ3n) is 2.33. The van der Waals surface area contributed by atoms with Gasteiger partial charge in [0.25, 0.3) is 0 Å². The van der Waals surface area contributed by atoms with Gasteiger partial charge in [-0.05, 0) is 25.7 Å². The Hall–Kier alpha value is -1.50. The van der Waals surface area contributed by atoms with E-state index in [9.17, 15) is 15.0 Å². The van der Waals surface area contributed by atoms with Gasteiger partial charge in [-0.3, -0.25) is 0 Å². The monoisotopic (exact) mass is 260 g/mol. The molecule has 0 aliphatic heterocycles. The lowest BCUT2D eigenvalue weighted by molar-refractivity contribution is -0.396. The van der Waals surface area contributed by atoms with Crippen LogP contribution >= 0.6 is 11.6 Å². The van der Waals surface area contributed by atoms with Crippen LogP contribution in [0, 0.1) is 21.9 Å². The molecule has 1 aromatic rings. The molecule has 0 N–H and O–H groups in total. The minimum absolute atomic E-state index is 0.0388. The lowest BCUT2D eigenvalue weighted by Gasteiger charge is -2.20. The number of nitro groups is 1. The smallest absolute Gasteiger partial charge is 0.390 e. The van der Waals surface area contributed by atoms with Gasteiger partial charge in [-0.15, -0.1) is 11.6 Å². The van der Waals surface area contributed by atoms with E-state index in [0.717, 1.165) is 0 Å². The number of nitroso groups, excluding NO2 is 1. The van der Waals surface area contributed by atoms with Crippen LogP contribution in [0.25, 0.3) is 0 Å². The van der Waals surface area contributed by atoms with Crippen LogP contribution in [0.2, 0.25) is 0 Å². The van der Waals surface area contributed by atoms with Gasteiger partial charge in [-0.2, -0.15) is 4.91 Å². The number of nitrogens with zero attached hydrogens (tertiary/aromatic N) is 4. The third kappa shape index (κ3) is 3.23. The molecule has 17 heavy (non-hydrogen) atoms. The number of aryl methyl sites for hydroxylation is 1. The van der Waals surface area contributed by atoms with Crippen LogP contribution in [0.15, 0.2) is 11.4 Å². The largest absolute Gasteiger partial charge is 0.434 e. The molecular weight excluding hydrogens is 248 g/mol. The molecule has 0 aliphatic rings. The number of halogens is 1. The van der Waals surface area contributed by atoms with Gasteiger partial charge in [-0.25, -0.2) is 4.57 Å². The van der Waals surface area contributed by atoms with Crippen molar-refractivity contribution in [3.05, 3.63) is 26.9 Å². The molecule has 0 saturated carbocycles. The van der Waals surface area contributed by atoms with Gasteiger partial charge in [-0.1, -0.05) is 10.2 Å². The Kier molecular flexibility index (Phi) is 3.82. The summed E-state index contributed by atoms with van der Waals surface area (Å²) in [7, 11) is 0. The lowest BCUT2D eigenvalue weighted by atomic mass is 10.0. The molecule has 94 valence electrons. The van der Waals surface area contributed by atoms with E-state index in [2.05, 4.69) is 10.2 Å². The summed E-state index contributed by atoms with van der Waals surface area (Å²) in [6.07, 6.45) is 1.50. The summed E-state index contributed by atoms with van der Waals surface area (Å²) in [6, 6.07) is -0.767. The Labute approximate surface area is 103 Å². The van der Waals surface area contributed by atoms with Crippen LogP contribution < -0.4 is 0 Å². The van der Waals surface area contributed by atoms with Gasteiger partial charge < -0.3 is 10.1 Å². The summed E-state index contributed by atoms with van der Waals surface area (Å²) in [6.45, 7) is 4.95. The quantitative estimate of drug-likeness (QED) is 0.351. The lowest BCUT2D eigenvalue weighted by Crippen LogP contribution is -2.32. The van der Waals surface area contributed by atoms with E-state index in [1.165, 1.54) is 10.8 Å². The first-order valence-corrected chi connectivity index (χ1v) is 5.33. The van der Waals surface area contributed by atoms with Crippen molar-refractivity contribution in [2.75, 3.05) is 0 Å². The van der Waals surface area contributed by atoms with Crippen molar-refractivity contribution in [1.82, 2.24) is 9.55 Å². The first-order valence-electron chi connectivity index (χ1n) is 4.95. The zero-order valence-corrected chi connectivity index (χ0v) is 10.5. The minimum Gasteiger partial charge on any atom is -0.390 e. The number of hydrogen-bond acceptors (Lipinski definition) is 5. The second kappa shape index (κ2) is 4.79. The molecule has 1 heterocycles. The highest BCUT2D eigenvalue weighted by atomic mass is 35.5. The highest BCUT2D eigenvalue weighted by Crippen LogP contribution is 2.24. The maximum absolute atomic E-state index is 10.7. The molecule has 1 rings (SSSR count). The zero-order chi connectivity index (χ0) is 13.2. The second-order valence-electron chi connectivity index (χ2n) is 4.28. The van der Waals surface area contributed by atoms with Crippen molar-refractivity contribution in [1.29, 1.82) is 0 Å². The number of rotatable bonds is 5. The normalized spacial score (nSPS) is 13.4. The average Bonchev–Trinajstić information content (AvgIpc) is 2.54.